The van der Waals surface area contributed by atoms with Gasteiger partial charge in [-0.2, -0.15) is 0 Å². The standard InChI is InChI=1S/C22H21ClN2O3/c1-13-11-14(2)24-21(23)20(13)22(27)28-12-19(26)25-15(3)17-10-6-8-16-7-4-5-9-18(16)17/h4-11,15H,12H2,1-3H3,(H,25,26)/t15-/m0/s1. The molecule has 1 amide bonds. The zero-order chi connectivity index (χ0) is 20.3. The van der Waals surface area contributed by atoms with E-state index in [9.17, 15) is 9.59 Å². The number of carbonyl (C=O) groups is 2. The van der Waals surface area contributed by atoms with Gasteiger partial charge in [-0.05, 0) is 48.7 Å². The van der Waals surface area contributed by atoms with Crippen LogP contribution in [0.25, 0.3) is 10.8 Å². The monoisotopic (exact) mass is 396 g/mol. The largest absolute Gasteiger partial charge is 0.452 e. The number of ether oxygens (including phenoxy) is 1. The first-order chi connectivity index (χ1) is 13.4. The van der Waals surface area contributed by atoms with E-state index in [0.717, 1.165) is 16.3 Å². The second-order valence-corrected chi connectivity index (χ2v) is 7.04. The number of hydrogen-bond acceptors (Lipinski definition) is 4. The lowest BCUT2D eigenvalue weighted by molar-refractivity contribution is -0.124. The van der Waals surface area contributed by atoms with Crippen molar-refractivity contribution in [3.8, 4) is 0 Å². The van der Waals surface area contributed by atoms with E-state index in [0.29, 0.717) is 11.3 Å². The molecule has 0 aliphatic rings. The quantitative estimate of drug-likeness (QED) is 0.507. The predicted molar refractivity (Wildman–Crippen MR) is 110 cm³/mol. The number of rotatable bonds is 5. The molecule has 0 radical (unpaired) electrons. The number of hydrogen-bond donors (Lipinski definition) is 1. The molecule has 0 unspecified atom stereocenters. The van der Waals surface area contributed by atoms with Crippen molar-refractivity contribution in [1.82, 2.24) is 10.3 Å². The van der Waals surface area contributed by atoms with Crippen molar-refractivity contribution in [1.29, 1.82) is 0 Å². The molecule has 5 nitrogen and oxygen atoms in total. The van der Waals surface area contributed by atoms with Crippen LogP contribution in [0.15, 0.2) is 48.5 Å². The summed E-state index contributed by atoms with van der Waals surface area (Å²) in [4.78, 5) is 28.7. The molecule has 1 aromatic heterocycles. The summed E-state index contributed by atoms with van der Waals surface area (Å²) in [5.74, 6) is -1.05. The molecular formula is C22H21ClN2O3. The molecule has 0 aliphatic carbocycles. The van der Waals surface area contributed by atoms with Gasteiger partial charge in [0.25, 0.3) is 5.91 Å². The Bertz CT molecular complexity index is 1020. The summed E-state index contributed by atoms with van der Waals surface area (Å²) in [6.07, 6.45) is 0. The van der Waals surface area contributed by atoms with Gasteiger partial charge in [-0.3, -0.25) is 4.79 Å². The van der Waals surface area contributed by atoms with E-state index in [4.69, 9.17) is 16.3 Å². The number of halogens is 1. The van der Waals surface area contributed by atoms with Crippen LogP contribution in [0.2, 0.25) is 5.15 Å². The van der Waals surface area contributed by atoms with Gasteiger partial charge in [0.2, 0.25) is 0 Å². The molecule has 28 heavy (non-hydrogen) atoms. The topological polar surface area (TPSA) is 68.3 Å². The highest BCUT2D eigenvalue weighted by atomic mass is 35.5. The Hall–Kier alpha value is -2.92. The minimum Gasteiger partial charge on any atom is -0.452 e. The number of nitrogens with one attached hydrogen (secondary N) is 1. The molecule has 0 saturated carbocycles. The molecule has 1 atom stereocenters. The minimum absolute atomic E-state index is 0.0760. The highest BCUT2D eigenvalue weighted by molar-refractivity contribution is 6.32. The fourth-order valence-electron chi connectivity index (χ4n) is 3.23. The number of nitrogens with zero attached hydrogens (tertiary/aromatic N) is 1. The number of aryl methyl sites for hydroxylation is 2. The SMILES string of the molecule is Cc1cc(C)c(C(=O)OCC(=O)N[C@@H](C)c2cccc3ccccc23)c(Cl)n1. The first-order valence-electron chi connectivity index (χ1n) is 8.94. The Morgan fingerprint density at radius 1 is 1.14 bits per heavy atom. The Morgan fingerprint density at radius 3 is 2.61 bits per heavy atom. The average molecular weight is 397 g/mol. The van der Waals surface area contributed by atoms with Crippen LogP contribution in [0.1, 0.15) is 40.1 Å². The van der Waals surface area contributed by atoms with E-state index in [1.54, 1.807) is 19.9 Å². The lowest BCUT2D eigenvalue weighted by Gasteiger charge is -2.17. The van der Waals surface area contributed by atoms with Crippen molar-refractivity contribution < 1.29 is 14.3 Å². The van der Waals surface area contributed by atoms with Crippen LogP contribution >= 0.6 is 11.6 Å². The molecule has 3 aromatic rings. The van der Waals surface area contributed by atoms with Gasteiger partial charge in [0.1, 0.15) is 5.15 Å². The van der Waals surface area contributed by atoms with E-state index in [1.807, 2.05) is 49.4 Å². The summed E-state index contributed by atoms with van der Waals surface area (Å²) in [5, 5.41) is 5.12. The predicted octanol–water partition coefficient (Wildman–Crippen LogP) is 4.54. The number of aromatic nitrogens is 1. The van der Waals surface area contributed by atoms with Crippen molar-refractivity contribution in [3.05, 3.63) is 76.1 Å². The van der Waals surface area contributed by atoms with Gasteiger partial charge in [0.15, 0.2) is 6.61 Å². The van der Waals surface area contributed by atoms with E-state index < -0.39 is 12.6 Å². The van der Waals surface area contributed by atoms with Gasteiger partial charge in [0.05, 0.1) is 11.6 Å². The van der Waals surface area contributed by atoms with Crippen LogP contribution in [0.3, 0.4) is 0 Å². The molecule has 1 N–H and O–H groups in total. The Kier molecular flexibility index (Phi) is 5.95. The fourth-order valence-corrected chi connectivity index (χ4v) is 3.59. The highest BCUT2D eigenvalue weighted by Gasteiger charge is 2.19. The van der Waals surface area contributed by atoms with Crippen molar-refractivity contribution in [2.24, 2.45) is 0 Å². The van der Waals surface area contributed by atoms with Crippen LogP contribution in [0, 0.1) is 13.8 Å². The summed E-state index contributed by atoms with van der Waals surface area (Å²) < 4.78 is 5.14. The zero-order valence-electron chi connectivity index (χ0n) is 16.0. The maximum atomic E-state index is 12.3. The molecule has 0 fully saturated rings. The number of fused-ring (bicyclic) bond motifs is 1. The Labute approximate surface area is 168 Å². The molecule has 0 bridgehead atoms. The molecule has 144 valence electrons. The van der Waals surface area contributed by atoms with Crippen molar-refractivity contribution >= 4 is 34.2 Å². The van der Waals surface area contributed by atoms with Crippen molar-refractivity contribution in [2.45, 2.75) is 26.8 Å². The number of esters is 1. The van der Waals surface area contributed by atoms with Gasteiger partial charge in [0, 0.05) is 5.69 Å². The number of pyridine rings is 1. The smallest absolute Gasteiger partial charge is 0.342 e. The van der Waals surface area contributed by atoms with Gasteiger partial charge in [-0.15, -0.1) is 0 Å². The lowest BCUT2D eigenvalue weighted by Crippen LogP contribution is -2.31. The van der Waals surface area contributed by atoms with Crippen molar-refractivity contribution in [2.75, 3.05) is 6.61 Å². The third-order valence-electron chi connectivity index (χ3n) is 4.51. The Balaban J connectivity index is 1.65. The molecule has 1 heterocycles. The maximum Gasteiger partial charge on any atom is 0.342 e. The normalized spacial score (nSPS) is 11.9. The summed E-state index contributed by atoms with van der Waals surface area (Å²) in [6.45, 7) is 5.04. The summed E-state index contributed by atoms with van der Waals surface area (Å²) >= 11 is 6.05. The van der Waals surface area contributed by atoms with E-state index >= 15 is 0 Å². The van der Waals surface area contributed by atoms with E-state index in [1.165, 1.54) is 0 Å². The maximum absolute atomic E-state index is 12.3. The second kappa shape index (κ2) is 8.40. The van der Waals surface area contributed by atoms with Gasteiger partial charge >= 0.3 is 5.97 Å². The van der Waals surface area contributed by atoms with Gasteiger partial charge in [-0.1, -0.05) is 54.1 Å². The average Bonchev–Trinajstić information content (AvgIpc) is 2.65. The van der Waals surface area contributed by atoms with E-state index in [2.05, 4.69) is 10.3 Å². The number of benzene rings is 2. The summed E-state index contributed by atoms with van der Waals surface area (Å²) in [5.41, 5.74) is 2.55. The molecule has 0 aliphatic heterocycles. The Morgan fingerprint density at radius 2 is 1.86 bits per heavy atom. The van der Waals surface area contributed by atoms with Crippen LogP contribution < -0.4 is 5.32 Å². The summed E-state index contributed by atoms with van der Waals surface area (Å²) in [6, 6.07) is 15.4. The van der Waals surface area contributed by atoms with Crippen LogP contribution in [-0.2, 0) is 9.53 Å². The molecule has 6 heteroatoms. The van der Waals surface area contributed by atoms with E-state index in [-0.39, 0.29) is 22.7 Å². The third kappa shape index (κ3) is 4.31. The van der Waals surface area contributed by atoms with Crippen LogP contribution in [0.5, 0.6) is 0 Å². The lowest BCUT2D eigenvalue weighted by atomic mass is 10.00. The van der Waals surface area contributed by atoms with Crippen LogP contribution in [-0.4, -0.2) is 23.5 Å². The van der Waals surface area contributed by atoms with Gasteiger partial charge < -0.3 is 10.1 Å². The molecule has 0 spiro atoms. The number of amides is 1. The van der Waals surface area contributed by atoms with Crippen molar-refractivity contribution in [3.63, 3.8) is 0 Å². The third-order valence-corrected chi connectivity index (χ3v) is 4.78. The number of carbonyl (C=O) groups excluding carboxylic acids is 2. The highest BCUT2D eigenvalue weighted by Crippen LogP contribution is 2.24. The molecule has 3 rings (SSSR count). The van der Waals surface area contributed by atoms with Gasteiger partial charge in [-0.25, -0.2) is 9.78 Å². The minimum atomic E-state index is -0.664. The molecule has 0 saturated heterocycles. The fraction of sp³-hybridized carbons (Fsp3) is 0.227. The first kappa shape index (κ1) is 19.8. The second-order valence-electron chi connectivity index (χ2n) is 6.68. The summed E-state index contributed by atoms with van der Waals surface area (Å²) in [7, 11) is 0. The first-order valence-corrected chi connectivity index (χ1v) is 9.32. The molecule has 2 aromatic carbocycles. The molecular weight excluding hydrogens is 376 g/mol. The zero-order valence-corrected chi connectivity index (χ0v) is 16.7. The van der Waals surface area contributed by atoms with Crippen LogP contribution in [0.4, 0.5) is 0 Å².